The van der Waals surface area contributed by atoms with Gasteiger partial charge in [0.2, 0.25) is 0 Å². The number of hydrogen-bond donors (Lipinski definition) is 0. The van der Waals surface area contributed by atoms with E-state index < -0.39 is 6.43 Å². The van der Waals surface area contributed by atoms with E-state index in [-0.39, 0.29) is 11.2 Å². The van der Waals surface area contributed by atoms with E-state index in [0.717, 1.165) is 12.1 Å². The molecule has 1 saturated carbocycles. The van der Waals surface area contributed by atoms with E-state index in [2.05, 4.69) is 20.3 Å². The van der Waals surface area contributed by atoms with Crippen LogP contribution in [0, 0.1) is 6.92 Å². The van der Waals surface area contributed by atoms with Gasteiger partial charge in [-0.2, -0.15) is 15.3 Å². The minimum Gasteiger partial charge on any atom is -0.276 e. The predicted octanol–water partition coefficient (Wildman–Crippen LogP) is 3.38. The molecular weight excluding hydrogens is 364 g/mol. The average Bonchev–Trinajstić information content (AvgIpc) is 2.95. The van der Waals surface area contributed by atoms with Crippen molar-refractivity contribution in [2.75, 3.05) is 0 Å². The van der Waals surface area contributed by atoms with Crippen LogP contribution in [0.2, 0.25) is 0 Å². The Balaban J connectivity index is 1.53. The van der Waals surface area contributed by atoms with E-state index >= 15 is 0 Å². The highest BCUT2D eigenvalue weighted by Crippen LogP contribution is 2.54. The van der Waals surface area contributed by atoms with Gasteiger partial charge in [-0.3, -0.25) is 9.36 Å². The predicted molar refractivity (Wildman–Crippen MR) is 98.2 cm³/mol. The van der Waals surface area contributed by atoms with Gasteiger partial charge < -0.3 is 0 Å². The van der Waals surface area contributed by atoms with E-state index in [1.807, 2.05) is 32.6 Å². The van der Waals surface area contributed by atoms with Crippen LogP contribution in [-0.4, -0.2) is 34.2 Å². The highest BCUT2D eigenvalue weighted by Gasteiger charge is 2.42. The Morgan fingerprint density at radius 2 is 1.93 bits per heavy atom. The number of aryl methyl sites for hydroxylation is 3. The standard InChI is InChI=1S/C19H19F2N7/c1-10-7-22-19-14(18(20)21)5-16(25-28(10)19)17-6-15(24-27(17)3)13-4-12(13)11-8-23-26(2)9-11/h5-9,12-13,18H,4H2,1-3H3. The smallest absolute Gasteiger partial charge is 0.267 e. The highest BCUT2D eigenvalue weighted by molar-refractivity contribution is 5.61. The lowest BCUT2D eigenvalue weighted by atomic mass is 10.1. The van der Waals surface area contributed by atoms with Crippen LogP contribution in [0.1, 0.15) is 47.2 Å². The molecule has 28 heavy (non-hydrogen) atoms. The molecule has 1 fully saturated rings. The topological polar surface area (TPSA) is 65.8 Å². The number of nitrogens with zero attached hydrogens (tertiary/aromatic N) is 7. The minimum atomic E-state index is -2.63. The lowest BCUT2D eigenvalue weighted by Gasteiger charge is -2.07. The molecule has 1 aliphatic rings. The van der Waals surface area contributed by atoms with Gasteiger partial charge in [0.1, 0.15) is 5.69 Å². The molecule has 4 aromatic rings. The molecule has 9 heteroatoms. The Labute approximate surface area is 159 Å². The molecule has 4 aromatic heterocycles. The van der Waals surface area contributed by atoms with Crippen LogP contribution in [0.4, 0.5) is 8.78 Å². The maximum atomic E-state index is 13.6. The summed E-state index contributed by atoms with van der Waals surface area (Å²) in [4.78, 5) is 4.08. The van der Waals surface area contributed by atoms with Gasteiger partial charge in [-0.25, -0.2) is 18.3 Å². The lowest BCUT2D eigenvalue weighted by Crippen LogP contribution is -2.04. The summed E-state index contributed by atoms with van der Waals surface area (Å²) in [6.07, 6.45) is 3.85. The summed E-state index contributed by atoms with van der Waals surface area (Å²) < 4.78 is 32.1. The SMILES string of the molecule is Cc1cnc2c(C(F)F)cc(-c3cc(C4CC4c4cnn(C)c4)nn3C)nn12. The van der Waals surface area contributed by atoms with Crippen molar-refractivity contribution in [3.8, 4) is 11.4 Å². The van der Waals surface area contributed by atoms with Crippen LogP contribution in [-0.2, 0) is 14.1 Å². The largest absolute Gasteiger partial charge is 0.276 e. The third-order valence-electron chi connectivity index (χ3n) is 5.39. The zero-order valence-electron chi connectivity index (χ0n) is 15.7. The summed E-state index contributed by atoms with van der Waals surface area (Å²) in [7, 11) is 3.72. The van der Waals surface area contributed by atoms with Gasteiger partial charge in [0.15, 0.2) is 5.65 Å². The van der Waals surface area contributed by atoms with Gasteiger partial charge in [0.05, 0.1) is 35.0 Å². The molecule has 144 valence electrons. The molecule has 0 radical (unpaired) electrons. The first kappa shape index (κ1) is 17.0. The molecule has 7 nitrogen and oxygen atoms in total. The number of aromatic nitrogens is 7. The van der Waals surface area contributed by atoms with Crippen molar-refractivity contribution < 1.29 is 8.78 Å². The van der Waals surface area contributed by atoms with Crippen molar-refractivity contribution in [3.05, 3.63) is 53.2 Å². The second-order valence-electron chi connectivity index (χ2n) is 7.39. The minimum absolute atomic E-state index is 0.125. The van der Waals surface area contributed by atoms with Crippen molar-refractivity contribution in [1.29, 1.82) is 0 Å². The molecule has 0 bridgehead atoms. The molecule has 0 aliphatic heterocycles. The van der Waals surface area contributed by atoms with Gasteiger partial charge in [-0.05, 0) is 37.0 Å². The Kier molecular flexibility index (Phi) is 3.62. The molecule has 0 aromatic carbocycles. The lowest BCUT2D eigenvalue weighted by molar-refractivity contribution is 0.152. The number of fused-ring (bicyclic) bond motifs is 1. The second kappa shape index (κ2) is 5.95. The maximum absolute atomic E-state index is 13.6. The summed E-state index contributed by atoms with van der Waals surface area (Å²) in [6.45, 7) is 1.80. The summed E-state index contributed by atoms with van der Waals surface area (Å²) in [6, 6.07) is 3.37. The van der Waals surface area contributed by atoms with E-state index in [1.165, 1.54) is 16.1 Å². The second-order valence-corrected chi connectivity index (χ2v) is 7.39. The van der Waals surface area contributed by atoms with Crippen LogP contribution in [0.15, 0.2) is 30.7 Å². The van der Waals surface area contributed by atoms with E-state index in [9.17, 15) is 8.78 Å². The molecule has 0 saturated heterocycles. The first-order valence-corrected chi connectivity index (χ1v) is 9.08. The quantitative estimate of drug-likeness (QED) is 0.542. The summed E-state index contributed by atoms with van der Waals surface area (Å²) in [5.74, 6) is 0.719. The Morgan fingerprint density at radius 1 is 1.11 bits per heavy atom. The average molecular weight is 383 g/mol. The number of halogens is 2. The molecule has 1 aliphatic carbocycles. The van der Waals surface area contributed by atoms with Gasteiger partial charge >= 0.3 is 0 Å². The molecule has 4 heterocycles. The Bertz CT molecular complexity index is 1190. The number of hydrogen-bond acceptors (Lipinski definition) is 4. The van der Waals surface area contributed by atoms with E-state index in [4.69, 9.17) is 0 Å². The highest BCUT2D eigenvalue weighted by atomic mass is 19.3. The van der Waals surface area contributed by atoms with Crippen molar-refractivity contribution in [2.45, 2.75) is 31.6 Å². The fraction of sp³-hybridized carbons (Fsp3) is 0.368. The first-order valence-electron chi connectivity index (χ1n) is 9.08. The molecule has 2 unspecified atom stereocenters. The molecule has 2 atom stereocenters. The zero-order valence-corrected chi connectivity index (χ0v) is 15.7. The van der Waals surface area contributed by atoms with Gasteiger partial charge in [-0.15, -0.1) is 0 Å². The molecular formula is C19H19F2N7. The third-order valence-corrected chi connectivity index (χ3v) is 5.39. The fourth-order valence-electron chi connectivity index (χ4n) is 3.82. The maximum Gasteiger partial charge on any atom is 0.267 e. The summed E-state index contributed by atoms with van der Waals surface area (Å²) in [5.41, 5.74) is 4.10. The van der Waals surface area contributed by atoms with Crippen molar-refractivity contribution >= 4 is 5.65 Å². The normalized spacial score (nSPS) is 19.1. The summed E-state index contributed by atoms with van der Waals surface area (Å²) >= 11 is 0. The number of alkyl halides is 2. The van der Waals surface area contributed by atoms with Crippen molar-refractivity contribution in [2.24, 2.45) is 14.1 Å². The first-order chi connectivity index (χ1) is 13.4. The Hall–Kier alpha value is -3.10. The zero-order chi connectivity index (χ0) is 19.6. The molecule has 0 spiro atoms. The van der Waals surface area contributed by atoms with Crippen LogP contribution in [0.5, 0.6) is 0 Å². The Morgan fingerprint density at radius 3 is 2.64 bits per heavy atom. The van der Waals surface area contributed by atoms with Crippen LogP contribution < -0.4 is 0 Å². The molecule has 5 rings (SSSR count). The fourth-order valence-corrected chi connectivity index (χ4v) is 3.82. The van der Waals surface area contributed by atoms with Crippen molar-refractivity contribution in [3.63, 3.8) is 0 Å². The van der Waals surface area contributed by atoms with Crippen LogP contribution in [0.25, 0.3) is 17.0 Å². The number of imidazole rings is 1. The van der Waals surface area contributed by atoms with E-state index in [1.54, 1.807) is 22.5 Å². The van der Waals surface area contributed by atoms with Gasteiger partial charge in [-0.1, -0.05) is 0 Å². The third kappa shape index (κ3) is 2.61. The van der Waals surface area contributed by atoms with Crippen molar-refractivity contribution in [1.82, 2.24) is 34.2 Å². The molecule has 0 amide bonds. The van der Waals surface area contributed by atoms with E-state index in [0.29, 0.717) is 28.9 Å². The van der Waals surface area contributed by atoms with Gasteiger partial charge in [0, 0.05) is 26.2 Å². The van der Waals surface area contributed by atoms with Gasteiger partial charge in [0.25, 0.3) is 6.43 Å². The van der Waals surface area contributed by atoms with Crippen LogP contribution >= 0.6 is 0 Å². The summed E-state index contributed by atoms with van der Waals surface area (Å²) in [5, 5.41) is 13.4. The molecule has 0 N–H and O–H groups in total. The number of rotatable bonds is 4. The van der Waals surface area contributed by atoms with Crippen LogP contribution in [0.3, 0.4) is 0 Å². The monoisotopic (exact) mass is 383 g/mol.